The van der Waals surface area contributed by atoms with Crippen molar-refractivity contribution in [2.45, 2.75) is 6.18 Å². The first-order valence-corrected chi connectivity index (χ1v) is 10.3. The molecule has 4 aromatic heterocycles. The first kappa shape index (κ1) is 22.0. The minimum Gasteiger partial charge on any atom is -0.329 e. The molecule has 0 saturated heterocycles. The van der Waals surface area contributed by atoms with E-state index in [2.05, 4.69) is 20.5 Å². The number of H-pyrrole nitrogens is 1. The molecule has 0 atom stereocenters. The first-order valence-electron chi connectivity index (χ1n) is 9.55. The number of benzene rings is 1. The van der Waals surface area contributed by atoms with Crippen LogP contribution >= 0.6 is 23.2 Å². The summed E-state index contributed by atoms with van der Waals surface area (Å²) < 4.78 is 44.4. The summed E-state index contributed by atoms with van der Waals surface area (Å²) in [4.78, 5) is 27.5. The van der Waals surface area contributed by atoms with Gasteiger partial charge in [-0.05, 0) is 24.3 Å². The highest BCUT2D eigenvalue weighted by atomic mass is 35.5. The molecule has 2 N–H and O–H groups in total. The molecular weight excluding hydrogens is 496 g/mol. The Morgan fingerprint density at radius 3 is 2.62 bits per heavy atom. The van der Waals surface area contributed by atoms with Crippen molar-refractivity contribution in [3.8, 4) is 5.69 Å². The number of fused-ring (bicyclic) bond motifs is 2. The molecule has 0 fully saturated rings. The maximum atomic E-state index is 14.1. The van der Waals surface area contributed by atoms with Crippen molar-refractivity contribution in [1.82, 2.24) is 24.4 Å². The number of rotatable bonds is 3. The molecule has 4 heterocycles. The average molecular weight is 507 g/mol. The van der Waals surface area contributed by atoms with E-state index in [0.717, 1.165) is 6.20 Å². The van der Waals surface area contributed by atoms with Crippen LogP contribution in [0.25, 0.3) is 22.0 Å². The number of amides is 1. The van der Waals surface area contributed by atoms with Gasteiger partial charge in [0.1, 0.15) is 5.52 Å². The molecule has 1 amide bonds. The van der Waals surface area contributed by atoms with Crippen LogP contribution in [0.15, 0.2) is 59.9 Å². The highest BCUT2D eigenvalue weighted by molar-refractivity contribution is 6.41. The van der Waals surface area contributed by atoms with E-state index in [1.165, 1.54) is 53.4 Å². The number of anilines is 1. The van der Waals surface area contributed by atoms with Crippen LogP contribution in [0.5, 0.6) is 0 Å². The number of carbonyl (C=O) groups is 1. The Bertz CT molecular complexity index is 1650. The third-order valence-corrected chi connectivity index (χ3v) is 5.79. The highest BCUT2D eigenvalue weighted by Gasteiger charge is 2.41. The van der Waals surface area contributed by atoms with Gasteiger partial charge < -0.3 is 10.3 Å². The van der Waals surface area contributed by atoms with Gasteiger partial charge in [-0.1, -0.05) is 29.3 Å². The largest absolute Gasteiger partial charge is 0.434 e. The van der Waals surface area contributed by atoms with E-state index in [0.29, 0.717) is 4.68 Å². The van der Waals surface area contributed by atoms with Gasteiger partial charge in [0.15, 0.2) is 5.69 Å². The number of hydrogen-bond donors (Lipinski definition) is 2. The molecule has 0 aliphatic carbocycles. The van der Waals surface area contributed by atoms with Crippen LogP contribution in [-0.4, -0.2) is 30.3 Å². The van der Waals surface area contributed by atoms with Crippen molar-refractivity contribution < 1.29 is 18.0 Å². The Balaban J connectivity index is 1.63. The lowest BCUT2D eigenvalue weighted by atomic mass is 10.1. The number of aromatic nitrogens is 5. The molecule has 5 rings (SSSR count). The maximum Gasteiger partial charge on any atom is 0.434 e. The predicted molar refractivity (Wildman–Crippen MR) is 120 cm³/mol. The van der Waals surface area contributed by atoms with Crippen LogP contribution in [0, 0.1) is 0 Å². The summed E-state index contributed by atoms with van der Waals surface area (Å²) in [6.45, 7) is 0. The summed E-state index contributed by atoms with van der Waals surface area (Å²) in [5, 5.41) is 10.8. The van der Waals surface area contributed by atoms with E-state index < -0.39 is 28.9 Å². The fraction of sp³-hybridized carbons (Fsp3) is 0.0476. The number of halogens is 5. The highest BCUT2D eigenvalue weighted by Crippen LogP contribution is 2.36. The smallest absolute Gasteiger partial charge is 0.329 e. The molecule has 0 saturated carbocycles. The minimum atomic E-state index is -4.95. The van der Waals surface area contributed by atoms with Crippen molar-refractivity contribution in [2.24, 2.45) is 0 Å². The summed E-state index contributed by atoms with van der Waals surface area (Å²) in [7, 11) is 0. The van der Waals surface area contributed by atoms with Gasteiger partial charge in [-0.3, -0.25) is 9.59 Å². The van der Waals surface area contributed by atoms with Gasteiger partial charge in [-0.15, -0.1) is 0 Å². The fourth-order valence-electron chi connectivity index (χ4n) is 3.65. The van der Waals surface area contributed by atoms with Crippen molar-refractivity contribution in [3.05, 3.63) is 86.8 Å². The Kier molecular flexibility index (Phi) is 5.10. The first-order chi connectivity index (χ1) is 16.2. The number of carbonyl (C=O) groups excluding carboxylic acids is 1. The summed E-state index contributed by atoms with van der Waals surface area (Å²) in [5.74, 6) is -1.08. The molecule has 13 heteroatoms. The van der Waals surface area contributed by atoms with Crippen molar-refractivity contribution in [3.63, 3.8) is 0 Å². The molecule has 0 aliphatic heterocycles. The zero-order valence-electron chi connectivity index (χ0n) is 16.7. The molecule has 0 bridgehead atoms. The lowest BCUT2D eigenvalue weighted by molar-refractivity contribution is -0.143. The normalized spacial score (nSPS) is 11.9. The van der Waals surface area contributed by atoms with Gasteiger partial charge >= 0.3 is 6.18 Å². The molecule has 0 radical (unpaired) electrons. The van der Waals surface area contributed by atoms with E-state index in [4.69, 9.17) is 23.2 Å². The fourth-order valence-corrected chi connectivity index (χ4v) is 4.22. The number of nitrogens with zero attached hydrogens (tertiary/aromatic N) is 4. The zero-order chi connectivity index (χ0) is 24.2. The van der Waals surface area contributed by atoms with Crippen LogP contribution in [0.3, 0.4) is 0 Å². The molecule has 0 aliphatic rings. The van der Waals surface area contributed by atoms with Crippen LogP contribution < -0.4 is 10.9 Å². The molecule has 1 aromatic carbocycles. The Morgan fingerprint density at radius 2 is 1.85 bits per heavy atom. The van der Waals surface area contributed by atoms with Gasteiger partial charge in [0.2, 0.25) is 0 Å². The lowest BCUT2D eigenvalue weighted by Gasteiger charge is -2.14. The molecular formula is C21H11Cl2F3N6O2. The maximum absolute atomic E-state index is 14.1. The second-order valence-corrected chi connectivity index (χ2v) is 7.93. The van der Waals surface area contributed by atoms with E-state index in [1.54, 1.807) is 0 Å². The van der Waals surface area contributed by atoms with Crippen molar-refractivity contribution in [2.75, 3.05) is 5.32 Å². The van der Waals surface area contributed by atoms with Gasteiger partial charge in [0.05, 0.1) is 39.4 Å². The summed E-state index contributed by atoms with van der Waals surface area (Å²) in [6, 6.07) is 7.11. The van der Waals surface area contributed by atoms with Gasteiger partial charge in [-0.25, -0.2) is 9.20 Å². The number of hydrogen-bond acceptors (Lipinski definition) is 4. The van der Waals surface area contributed by atoms with E-state index in [1.807, 2.05) is 0 Å². The number of nitrogens with one attached hydrogen (secondary N) is 2. The van der Waals surface area contributed by atoms with E-state index in [-0.39, 0.29) is 37.7 Å². The van der Waals surface area contributed by atoms with Crippen LogP contribution in [0.4, 0.5) is 18.9 Å². The second kappa shape index (κ2) is 7.89. The summed E-state index contributed by atoms with van der Waals surface area (Å²) in [5.41, 5.74) is -2.20. The predicted octanol–water partition coefficient (Wildman–Crippen LogP) is 4.94. The SMILES string of the molecule is O=C(Nc1ccn2ncc(Cl)c2c1Cl)c1cnn(-c2cccc3c(=O)[nH]ccc23)c1C(F)(F)F. The van der Waals surface area contributed by atoms with Crippen molar-refractivity contribution in [1.29, 1.82) is 0 Å². The molecule has 34 heavy (non-hydrogen) atoms. The van der Waals surface area contributed by atoms with E-state index in [9.17, 15) is 22.8 Å². The standard InChI is InChI=1S/C21H11Cl2F3N6O2/c22-13-9-28-31-7-5-14(16(23)17(13)31)30-20(34)12-8-29-32(18(12)21(24,25)26)15-3-1-2-11-10(15)4-6-27-19(11)33/h1-9H,(H,27,33)(H,30,34). The van der Waals surface area contributed by atoms with Gasteiger partial charge in [0.25, 0.3) is 11.5 Å². The van der Waals surface area contributed by atoms with Gasteiger partial charge in [0, 0.05) is 23.2 Å². The Labute approximate surface area is 197 Å². The minimum absolute atomic E-state index is 0.00702. The molecule has 0 spiro atoms. The zero-order valence-corrected chi connectivity index (χ0v) is 18.2. The monoisotopic (exact) mass is 506 g/mol. The van der Waals surface area contributed by atoms with Gasteiger partial charge in [-0.2, -0.15) is 23.4 Å². The van der Waals surface area contributed by atoms with Crippen molar-refractivity contribution >= 4 is 51.1 Å². The van der Waals surface area contributed by atoms with Crippen LogP contribution in [0.1, 0.15) is 16.1 Å². The molecule has 8 nitrogen and oxygen atoms in total. The Hall–Kier alpha value is -3.83. The van der Waals surface area contributed by atoms with E-state index >= 15 is 0 Å². The number of aromatic amines is 1. The topological polar surface area (TPSA) is 97.1 Å². The third-order valence-electron chi connectivity index (χ3n) is 5.13. The molecule has 172 valence electrons. The molecule has 5 aromatic rings. The second-order valence-electron chi connectivity index (χ2n) is 7.14. The Morgan fingerprint density at radius 1 is 1.06 bits per heavy atom. The van der Waals surface area contributed by atoms with Crippen LogP contribution in [-0.2, 0) is 6.18 Å². The summed E-state index contributed by atoms with van der Waals surface area (Å²) in [6.07, 6.45) is -0.0322. The summed E-state index contributed by atoms with van der Waals surface area (Å²) >= 11 is 12.3. The van der Waals surface area contributed by atoms with Crippen LogP contribution in [0.2, 0.25) is 10.0 Å². The third kappa shape index (κ3) is 3.49. The number of pyridine rings is 2. The lowest BCUT2D eigenvalue weighted by Crippen LogP contribution is -2.21. The number of alkyl halides is 3. The average Bonchev–Trinajstić information content (AvgIpc) is 3.40. The quantitative estimate of drug-likeness (QED) is 0.362. The molecule has 0 unspecified atom stereocenters.